The number of fused-ring (bicyclic) bond motifs is 3. The fourth-order valence-electron chi connectivity index (χ4n) is 3.16. The van der Waals surface area contributed by atoms with Gasteiger partial charge in [0.15, 0.2) is 0 Å². The van der Waals surface area contributed by atoms with Gasteiger partial charge in [-0.3, -0.25) is 4.79 Å². The first-order valence-corrected chi connectivity index (χ1v) is 9.98. The van der Waals surface area contributed by atoms with Crippen LogP contribution in [0, 0.1) is 0 Å². The number of aldehydes is 1. The fraction of sp³-hybridized carbons (Fsp3) is 0.333. The maximum Gasteiger partial charge on any atom is 0.320 e. The van der Waals surface area contributed by atoms with Gasteiger partial charge in [-0.1, -0.05) is 36.4 Å². The first kappa shape index (κ1) is 19.6. The predicted octanol–water partition coefficient (Wildman–Crippen LogP) is 3.22. The third-order valence-electron chi connectivity index (χ3n) is 4.64. The van der Waals surface area contributed by atoms with Gasteiger partial charge in [0.05, 0.1) is 6.61 Å². The van der Waals surface area contributed by atoms with Gasteiger partial charge in [0.1, 0.15) is 17.8 Å². The lowest BCUT2D eigenvalue weighted by atomic mass is 10.0. The molecule has 1 unspecified atom stereocenters. The third-order valence-corrected chi connectivity index (χ3v) is 5.81. The fourth-order valence-corrected chi connectivity index (χ4v) is 4.19. The molecular formula is C21H23NO4S. The van der Waals surface area contributed by atoms with E-state index >= 15 is 0 Å². The lowest BCUT2D eigenvalue weighted by molar-refractivity contribution is -0.138. The van der Waals surface area contributed by atoms with Gasteiger partial charge in [-0.2, -0.15) is 0 Å². The molecule has 142 valence electrons. The number of hydrogen-bond acceptors (Lipinski definition) is 5. The number of carbonyl (C=O) groups is 2. The first-order chi connectivity index (χ1) is 13.1. The zero-order chi connectivity index (χ0) is 19.2. The van der Waals surface area contributed by atoms with E-state index in [9.17, 15) is 9.59 Å². The number of carbonyl (C=O) groups excluding carboxylic acids is 1. The molecule has 0 heterocycles. The number of carboxylic acids is 1. The Labute approximate surface area is 162 Å². The molecule has 0 aromatic heterocycles. The van der Waals surface area contributed by atoms with Crippen LogP contribution in [-0.4, -0.2) is 34.6 Å². The van der Waals surface area contributed by atoms with Crippen LogP contribution in [0.5, 0.6) is 0 Å². The van der Waals surface area contributed by atoms with Crippen molar-refractivity contribution in [1.82, 2.24) is 0 Å². The first-order valence-electron chi connectivity index (χ1n) is 8.93. The van der Waals surface area contributed by atoms with Gasteiger partial charge in [-0.25, -0.2) is 0 Å². The van der Waals surface area contributed by atoms with Crippen LogP contribution in [0.3, 0.4) is 0 Å². The Morgan fingerprint density at radius 2 is 2.00 bits per heavy atom. The predicted molar refractivity (Wildman–Crippen MR) is 107 cm³/mol. The van der Waals surface area contributed by atoms with Crippen LogP contribution in [0.25, 0.3) is 11.1 Å². The van der Waals surface area contributed by atoms with E-state index in [0.29, 0.717) is 18.8 Å². The second kappa shape index (κ2) is 9.17. The van der Waals surface area contributed by atoms with Crippen LogP contribution >= 0.6 is 11.8 Å². The van der Waals surface area contributed by atoms with E-state index in [2.05, 4.69) is 42.5 Å². The Morgan fingerprint density at radius 3 is 2.78 bits per heavy atom. The van der Waals surface area contributed by atoms with Gasteiger partial charge < -0.3 is 20.4 Å². The number of thioether (sulfide) groups is 1. The van der Waals surface area contributed by atoms with Crippen molar-refractivity contribution in [1.29, 1.82) is 0 Å². The van der Waals surface area contributed by atoms with E-state index in [-0.39, 0.29) is 11.9 Å². The molecule has 0 bridgehead atoms. The minimum absolute atomic E-state index is 0.265. The van der Waals surface area contributed by atoms with Crippen LogP contribution in [0.1, 0.15) is 29.5 Å². The summed E-state index contributed by atoms with van der Waals surface area (Å²) in [6.45, 7) is 0.409. The third kappa shape index (κ3) is 4.97. The second-order valence-corrected chi connectivity index (χ2v) is 7.84. The molecule has 2 atom stereocenters. The number of rotatable bonds is 10. The second-order valence-electron chi connectivity index (χ2n) is 6.57. The highest BCUT2D eigenvalue weighted by atomic mass is 32.2. The molecule has 1 aliphatic carbocycles. The number of benzene rings is 2. The minimum Gasteiger partial charge on any atom is -0.480 e. The van der Waals surface area contributed by atoms with Crippen LogP contribution in [0.15, 0.2) is 42.5 Å². The molecule has 0 saturated carbocycles. The summed E-state index contributed by atoms with van der Waals surface area (Å²) in [6.07, 6.45) is 2.39. The van der Waals surface area contributed by atoms with Gasteiger partial charge in [0, 0.05) is 6.42 Å². The smallest absolute Gasteiger partial charge is 0.320 e. The molecule has 5 nitrogen and oxygen atoms in total. The standard InChI is InChI=1S/C21H23NO4S/c22-19(21(24)25)8-10-27-20(7-9-23)26-13-14-5-6-16-12-15-3-1-2-4-17(15)18(16)11-14/h1-6,9,11,19-20H,7-8,10,12-13,22H2,(H,24,25)/t19-,20?/m0/s1. The molecule has 6 heteroatoms. The molecule has 0 amide bonds. The number of carboxylic acid groups (broad SMARTS) is 1. The Balaban J connectivity index is 1.58. The van der Waals surface area contributed by atoms with Crippen molar-refractivity contribution in [3.05, 3.63) is 59.2 Å². The Bertz CT molecular complexity index is 824. The lowest BCUT2D eigenvalue weighted by Crippen LogP contribution is -2.30. The van der Waals surface area contributed by atoms with E-state index in [1.165, 1.54) is 34.0 Å². The molecule has 0 aliphatic heterocycles. The summed E-state index contributed by atoms with van der Waals surface area (Å²) in [5, 5.41) is 8.83. The number of hydrogen-bond donors (Lipinski definition) is 2. The molecule has 0 saturated heterocycles. The van der Waals surface area contributed by atoms with Gasteiger partial charge in [0.2, 0.25) is 0 Å². The quantitative estimate of drug-likeness (QED) is 0.411. The summed E-state index contributed by atoms with van der Waals surface area (Å²) in [7, 11) is 0. The average molecular weight is 385 g/mol. The van der Waals surface area contributed by atoms with Gasteiger partial charge in [-0.15, -0.1) is 11.8 Å². The highest BCUT2D eigenvalue weighted by Gasteiger charge is 2.19. The highest BCUT2D eigenvalue weighted by Crippen LogP contribution is 2.37. The van der Waals surface area contributed by atoms with Crippen molar-refractivity contribution in [3.63, 3.8) is 0 Å². The Kier molecular flexibility index (Phi) is 6.66. The number of aliphatic carboxylic acids is 1. The van der Waals surface area contributed by atoms with Crippen molar-refractivity contribution in [2.24, 2.45) is 5.73 Å². The lowest BCUT2D eigenvalue weighted by Gasteiger charge is -2.16. The molecule has 27 heavy (non-hydrogen) atoms. The molecule has 0 radical (unpaired) electrons. The maximum absolute atomic E-state index is 10.9. The summed E-state index contributed by atoms with van der Waals surface area (Å²) in [4.78, 5) is 21.7. The van der Waals surface area contributed by atoms with Crippen molar-refractivity contribution in [2.75, 3.05) is 5.75 Å². The topological polar surface area (TPSA) is 89.6 Å². The summed E-state index contributed by atoms with van der Waals surface area (Å²) in [5.41, 5.74) is 11.5. The molecule has 0 fully saturated rings. The van der Waals surface area contributed by atoms with Crippen molar-refractivity contribution >= 4 is 24.0 Å². The van der Waals surface area contributed by atoms with Crippen molar-refractivity contribution in [3.8, 4) is 11.1 Å². The number of nitrogens with two attached hydrogens (primary N) is 1. The molecule has 0 spiro atoms. The van der Waals surface area contributed by atoms with E-state index in [1.54, 1.807) is 0 Å². The van der Waals surface area contributed by atoms with E-state index in [0.717, 1.165) is 18.3 Å². The van der Waals surface area contributed by atoms with Crippen LogP contribution in [0.4, 0.5) is 0 Å². The summed E-state index contributed by atoms with van der Waals surface area (Å²) in [6, 6.07) is 13.9. The van der Waals surface area contributed by atoms with Crippen molar-refractivity contribution < 1.29 is 19.4 Å². The van der Waals surface area contributed by atoms with Crippen molar-refractivity contribution in [2.45, 2.75) is 37.3 Å². The monoisotopic (exact) mass is 385 g/mol. The molecule has 3 N–H and O–H groups in total. The SMILES string of the molecule is N[C@@H](CCSC(CC=O)OCc1ccc2c(c1)-c1ccccc1C2)C(=O)O. The maximum atomic E-state index is 10.9. The zero-order valence-corrected chi connectivity index (χ0v) is 15.8. The summed E-state index contributed by atoms with van der Waals surface area (Å²) >= 11 is 1.43. The van der Waals surface area contributed by atoms with Gasteiger partial charge in [-0.05, 0) is 52.5 Å². The molecule has 2 aromatic carbocycles. The Hall–Kier alpha value is -2.15. The molecular weight excluding hydrogens is 362 g/mol. The van der Waals surface area contributed by atoms with Gasteiger partial charge >= 0.3 is 5.97 Å². The molecule has 2 aromatic rings. The van der Waals surface area contributed by atoms with Crippen LogP contribution < -0.4 is 5.73 Å². The highest BCUT2D eigenvalue weighted by molar-refractivity contribution is 7.99. The Morgan fingerprint density at radius 1 is 1.22 bits per heavy atom. The van der Waals surface area contributed by atoms with Gasteiger partial charge in [0.25, 0.3) is 0 Å². The summed E-state index contributed by atoms with van der Waals surface area (Å²) in [5.74, 6) is -0.481. The van der Waals surface area contributed by atoms with Crippen LogP contribution in [-0.2, 0) is 27.4 Å². The van der Waals surface area contributed by atoms with Crippen LogP contribution in [0.2, 0.25) is 0 Å². The summed E-state index contributed by atoms with van der Waals surface area (Å²) < 4.78 is 5.90. The molecule has 3 rings (SSSR count). The van der Waals surface area contributed by atoms with E-state index in [1.807, 2.05) is 0 Å². The zero-order valence-electron chi connectivity index (χ0n) is 15.0. The molecule has 1 aliphatic rings. The van der Waals surface area contributed by atoms with E-state index in [4.69, 9.17) is 15.6 Å². The largest absolute Gasteiger partial charge is 0.480 e. The average Bonchev–Trinajstić information content (AvgIpc) is 3.04. The minimum atomic E-state index is -1.01. The normalized spacial score (nSPS) is 14.3. The van der Waals surface area contributed by atoms with E-state index < -0.39 is 12.0 Å². The number of ether oxygens (including phenoxy) is 1.